The van der Waals surface area contributed by atoms with Crippen molar-refractivity contribution < 1.29 is 19.1 Å². The summed E-state index contributed by atoms with van der Waals surface area (Å²) in [6, 6.07) is 6.84. The van der Waals surface area contributed by atoms with Crippen LogP contribution >= 0.6 is 22.9 Å². The molecule has 0 radical (unpaired) electrons. The van der Waals surface area contributed by atoms with Gasteiger partial charge in [-0.25, -0.2) is 4.79 Å². The molecule has 0 aliphatic heterocycles. The summed E-state index contributed by atoms with van der Waals surface area (Å²) in [7, 11) is 0. The molecule has 0 bridgehead atoms. The highest BCUT2D eigenvalue weighted by molar-refractivity contribution is 7.17. The van der Waals surface area contributed by atoms with E-state index in [1.54, 1.807) is 45.0 Å². The molecule has 5 nitrogen and oxygen atoms in total. The lowest BCUT2D eigenvalue weighted by Gasteiger charge is -2.25. The number of esters is 1. The molecule has 7 heteroatoms. The van der Waals surface area contributed by atoms with E-state index >= 15 is 0 Å². The molecule has 0 atom stereocenters. The number of rotatable bonds is 6. The van der Waals surface area contributed by atoms with Crippen LogP contribution in [0.4, 0.5) is 5.00 Å². The maximum atomic E-state index is 12.9. The molecule has 0 saturated carbocycles. The monoisotopic (exact) mass is 421 g/mol. The van der Waals surface area contributed by atoms with Crippen molar-refractivity contribution in [1.82, 2.24) is 0 Å². The van der Waals surface area contributed by atoms with Gasteiger partial charge in [0.15, 0.2) is 5.60 Å². The van der Waals surface area contributed by atoms with E-state index in [2.05, 4.69) is 5.32 Å². The fourth-order valence-electron chi connectivity index (χ4n) is 3.17. The smallest absolute Gasteiger partial charge is 0.341 e. The molecule has 1 N–H and O–H groups in total. The summed E-state index contributed by atoms with van der Waals surface area (Å²) in [6.45, 7) is 5.45. The van der Waals surface area contributed by atoms with E-state index in [1.807, 2.05) is 0 Å². The van der Waals surface area contributed by atoms with Gasteiger partial charge in [-0.2, -0.15) is 0 Å². The van der Waals surface area contributed by atoms with Gasteiger partial charge in [0.2, 0.25) is 0 Å². The molecule has 1 aromatic heterocycles. The predicted octanol–water partition coefficient (Wildman–Crippen LogP) is 5.25. The minimum Gasteiger partial charge on any atom is -0.478 e. The van der Waals surface area contributed by atoms with Gasteiger partial charge in [0.1, 0.15) is 10.8 Å². The van der Waals surface area contributed by atoms with Gasteiger partial charge in [-0.15, -0.1) is 11.3 Å². The molecule has 1 aromatic carbocycles. The minimum absolute atomic E-state index is 0.294. The number of anilines is 1. The van der Waals surface area contributed by atoms with E-state index in [4.69, 9.17) is 21.1 Å². The number of hydrogen-bond donors (Lipinski definition) is 1. The largest absolute Gasteiger partial charge is 0.478 e. The van der Waals surface area contributed by atoms with Crippen LogP contribution in [0.3, 0.4) is 0 Å². The molecule has 0 unspecified atom stereocenters. The summed E-state index contributed by atoms with van der Waals surface area (Å²) < 4.78 is 11.1. The quantitative estimate of drug-likeness (QED) is 0.646. The Morgan fingerprint density at radius 1 is 1.18 bits per heavy atom. The van der Waals surface area contributed by atoms with Crippen LogP contribution in [0.25, 0.3) is 0 Å². The number of thiophene rings is 1. The number of benzene rings is 1. The number of fused-ring (bicyclic) bond motifs is 1. The second kappa shape index (κ2) is 8.53. The molecule has 0 spiro atoms. The molecule has 1 aliphatic carbocycles. The summed E-state index contributed by atoms with van der Waals surface area (Å²) in [6.07, 6.45) is 3.89. The number of ether oxygens (including phenoxy) is 2. The van der Waals surface area contributed by atoms with Gasteiger partial charge in [0.25, 0.3) is 5.91 Å². The van der Waals surface area contributed by atoms with Gasteiger partial charge < -0.3 is 14.8 Å². The average Bonchev–Trinajstić information content (AvgIpc) is 3.01. The zero-order chi connectivity index (χ0) is 20.3. The third-order valence-electron chi connectivity index (χ3n) is 4.61. The Bertz CT molecular complexity index is 873. The second-order valence-electron chi connectivity index (χ2n) is 7.16. The van der Waals surface area contributed by atoms with E-state index in [-0.39, 0.29) is 11.9 Å². The molecule has 1 heterocycles. The van der Waals surface area contributed by atoms with Crippen molar-refractivity contribution >= 4 is 39.8 Å². The Kier molecular flexibility index (Phi) is 6.30. The molecule has 150 valence electrons. The Hall–Kier alpha value is -2.05. The van der Waals surface area contributed by atoms with Gasteiger partial charge in [-0.05, 0) is 76.3 Å². The first kappa shape index (κ1) is 20.7. The van der Waals surface area contributed by atoms with E-state index < -0.39 is 5.60 Å². The van der Waals surface area contributed by atoms with Gasteiger partial charge in [0.05, 0.1) is 12.2 Å². The molecule has 0 saturated heterocycles. The number of carbonyl (C=O) groups is 2. The first-order valence-electron chi connectivity index (χ1n) is 9.39. The van der Waals surface area contributed by atoms with E-state index in [1.165, 1.54) is 11.3 Å². The second-order valence-corrected chi connectivity index (χ2v) is 8.70. The molecular formula is C21H24ClNO4S. The highest BCUT2D eigenvalue weighted by atomic mass is 35.5. The number of aryl methyl sites for hydroxylation is 1. The van der Waals surface area contributed by atoms with Crippen LogP contribution < -0.4 is 10.1 Å². The first-order valence-corrected chi connectivity index (χ1v) is 10.6. The van der Waals surface area contributed by atoms with Crippen LogP contribution in [0.1, 0.15) is 54.4 Å². The molecule has 0 fully saturated rings. The Morgan fingerprint density at radius 2 is 1.86 bits per heavy atom. The van der Waals surface area contributed by atoms with Crippen LogP contribution in [0.15, 0.2) is 24.3 Å². The summed E-state index contributed by atoms with van der Waals surface area (Å²) in [5, 5.41) is 4.05. The topological polar surface area (TPSA) is 64.6 Å². The third kappa shape index (κ3) is 4.50. The molecular weight excluding hydrogens is 398 g/mol. The number of halogens is 1. The zero-order valence-electron chi connectivity index (χ0n) is 16.3. The van der Waals surface area contributed by atoms with Crippen molar-refractivity contribution in [3.8, 4) is 5.75 Å². The number of nitrogens with one attached hydrogen (secondary N) is 1. The Balaban J connectivity index is 1.83. The lowest BCUT2D eigenvalue weighted by atomic mass is 9.95. The maximum Gasteiger partial charge on any atom is 0.341 e. The van der Waals surface area contributed by atoms with Crippen molar-refractivity contribution in [1.29, 1.82) is 0 Å². The lowest BCUT2D eigenvalue weighted by Crippen LogP contribution is -2.42. The van der Waals surface area contributed by atoms with Crippen LogP contribution in [-0.2, 0) is 22.4 Å². The predicted molar refractivity (Wildman–Crippen MR) is 112 cm³/mol. The molecule has 28 heavy (non-hydrogen) atoms. The SMILES string of the molecule is CCOC(=O)c1c(NC(=O)C(C)(C)Oc2ccc(Cl)cc2)sc2c1CCCC2. The first-order chi connectivity index (χ1) is 13.3. The van der Waals surface area contributed by atoms with Crippen molar-refractivity contribution in [2.75, 3.05) is 11.9 Å². The van der Waals surface area contributed by atoms with Crippen LogP contribution in [0, 0.1) is 0 Å². The fraction of sp³-hybridized carbons (Fsp3) is 0.429. The van der Waals surface area contributed by atoms with E-state index in [0.717, 1.165) is 36.1 Å². The fourth-order valence-corrected chi connectivity index (χ4v) is 4.57. The molecule has 1 aliphatic rings. The normalized spacial score (nSPS) is 13.6. The highest BCUT2D eigenvalue weighted by Gasteiger charge is 2.33. The number of amides is 1. The Morgan fingerprint density at radius 3 is 2.54 bits per heavy atom. The third-order valence-corrected chi connectivity index (χ3v) is 6.07. The summed E-state index contributed by atoms with van der Waals surface area (Å²) in [4.78, 5) is 26.6. The maximum absolute atomic E-state index is 12.9. The summed E-state index contributed by atoms with van der Waals surface area (Å²) in [5.41, 5.74) is 0.378. The zero-order valence-corrected chi connectivity index (χ0v) is 17.8. The number of carbonyl (C=O) groups excluding carboxylic acids is 2. The standard InChI is InChI=1S/C21H24ClNO4S/c1-4-26-19(24)17-15-7-5-6-8-16(15)28-18(17)23-20(25)21(2,3)27-14-11-9-13(22)10-12-14/h9-12H,4-8H2,1-3H3,(H,23,25). The van der Waals surface area contributed by atoms with E-state index in [0.29, 0.717) is 27.9 Å². The van der Waals surface area contributed by atoms with Crippen LogP contribution in [0.5, 0.6) is 5.75 Å². The summed E-state index contributed by atoms with van der Waals surface area (Å²) >= 11 is 7.36. The van der Waals surface area contributed by atoms with Crippen molar-refractivity contribution in [3.05, 3.63) is 45.3 Å². The van der Waals surface area contributed by atoms with E-state index in [9.17, 15) is 9.59 Å². The molecule has 1 amide bonds. The highest BCUT2D eigenvalue weighted by Crippen LogP contribution is 2.39. The minimum atomic E-state index is -1.13. The van der Waals surface area contributed by atoms with Crippen molar-refractivity contribution in [2.24, 2.45) is 0 Å². The van der Waals surface area contributed by atoms with Crippen LogP contribution in [-0.4, -0.2) is 24.1 Å². The average molecular weight is 422 g/mol. The van der Waals surface area contributed by atoms with Crippen LogP contribution in [0.2, 0.25) is 5.02 Å². The number of hydrogen-bond acceptors (Lipinski definition) is 5. The van der Waals surface area contributed by atoms with Gasteiger partial charge >= 0.3 is 5.97 Å². The van der Waals surface area contributed by atoms with Gasteiger partial charge in [0, 0.05) is 9.90 Å². The Labute approximate surface area is 174 Å². The molecule has 2 aromatic rings. The van der Waals surface area contributed by atoms with Gasteiger partial charge in [-0.3, -0.25) is 4.79 Å². The summed E-state index contributed by atoms with van der Waals surface area (Å²) in [5.74, 6) is -0.166. The molecule has 3 rings (SSSR count). The van der Waals surface area contributed by atoms with Crippen molar-refractivity contribution in [2.45, 2.75) is 52.1 Å². The van der Waals surface area contributed by atoms with Gasteiger partial charge in [-0.1, -0.05) is 11.6 Å². The lowest BCUT2D eigenvalue weighted by molar-refractivity contribution is -0.128. The van der Waals surface area contributed by atoms with Crippen molar-refractivity contribution in [3.63, 3.8) is 0 Å².